The van der Waals surface area contributed by atoms with E-state index in [4.69, 9.17) is 0 Å². The molecule has 1 N–H and O–H groups in total. The Kier molecular flexibility index (Phi) is 5.00. The summed E-state index contributed by atoms with van der Waals surface area (Å²) in [5, 5.41) is 3.22. The summed E-state index contributed by atoms with van der Waals surface area (Å²) in [5.74, 6) is -0.162. The Hall–Kier alpha value is -1.13. The summed E-state index contributed by atoms with van der Waals surface area (Å²) >= 11 is 0. The lowest BCUT2D eigenvalue weighted by Gasteiger charge is -2.33. The van der Waals surface area contributed by atoms with E-state index >= 15 is 0 Å². The maximum atomic E-state index is 13.6. The zero-order valence-corrected chi connectivity index (χ0v) is 13.0. The molecule has 1 heterocycles. The molecule has 1 aliphatic heterocycles. The van der Waals surface area contributed by atoms with Gasteiger partial charge in [-0.1, -0.05) is 0 Å². The molecule has 2 rings (SSSR count). The molecule has 0 bridgehead atoms. The zero-order chi connectivity index (χ0) is 14.7. The molecule has 2 unspecified atom stereocenters. The van der Waals surface area contributed by atoms with Crippen molar-refractivity contribution in [3.63, 3.8) is 0 Å². The number of likely N-dealkylation sites (N-methyl/N-ethyl adjacent to an activating group) is 1. The van der Waals surface area contributed by atoms with Gasteiger partial charge >= 0.3 is 0 Å². The van der Waals surface area contributed by atoms with Gasteiger partial charge in [-0.15, -0.1) is 0 Å². The number of nitrogens with one attached hydrogen (secondary N) is 1. The highest BCUT2D eigenvalue weighted by atomic mass is 19.1. The first-order chi connectivity index (χ1) is 9.52. The van der Waals surface area contributed by atoms with Crippen LogP contribution in [0.25, 0.3) is 0 Å². The fourth-order valence-corrected chi connectivity index (χ4v) is 3.02. The second-order valence-corrected chi connectivity index (χ2v) is 5.87. The number of rotatable bonds is 3. The molecule has 0 spiro atoms. The molecule has 1 aromatic carbocycles. The zero-order valence-electron chi connectivity index (χ0n) is 13.0. The third-order valence-electron chi connectivity index (χ3n) is 4.25. The van der Waals surface area contributed by atoms with Crippen LogP contribution in [0, 0.1) is 5.82 Å². The van der Waals surface area contributed by atoms with Crippen molar-refractivity contribution in [2.75, 3.05) is 38.6 Å². The Bertz CT molecular complexity index is 449. The van der Waals surface area contributed by atoms with Crippen molar-refractivity contribution >= 4 is 5.69 Å². The minimum Gasteiger partial charge on any atom is -0.367 e. The molecule has 20 heavy (non-hydrogen) atoms. The molecule has 112 valence electrons. The summed E-state index contributed by atoms with van der Waals surface area (Å²) in [4.78, 5) is 4.79. The Morgan fingerprint density at radius 2 is 2.10 bits per heavy atom. The lowest BCUT2D eigenvalue weighted by molar-refractivity contribution is 0.337. The first-order valence-corrected chi connectivity index (χ1v) is 7.45. The molecule has 0 aliphatic carbocycles. The molecule has 1 aliphatic rings. The van der Waals surface area contributed by atoms with Crippen molar-refractivity contribution in [2.45, 2.75) is 32.4 Å². The highest BCUT2D eigenvalue weighted by Crippen LogP contribution is 2.29. The van der Waals surface area contributed by atoms with Crippen LogP contribution in [0.1, 0.15) is 31.9 Å². The van der Waals surface area contributed by atoms with Gasteiger partial charge in [0.15, 0.2) is 0 Å². The fraction of sp³-hybridized carbons (Fsp3) is 0.625. The van der Waals surface area contributed by atoms with Crippen molar-refractivity contribution in [1.29, 1.82) is 0 Å². The predicted octanol–water partition coefficient (Wildman–Crippen LogP) is 2.64. The molecule has 0 amide bonds. The maximum absolute atomic E-state index is 13.6. The van der Waals surface area contributed by atoms with Gasteiger partial charge in [0, 0.05) is 30.9 Å². The van der Waals surface area contributed by atoms with E-state index in [0.29, 0.717) is 6.04 Å². The van der Waals surface area contributed by atoms with E-state index in [1.54, 1.807) is 12.1 Å². The molecule has 1 aromatic rings. The van der Waals surface area contributed by atoms with Crippen molar-refractivity contribution in [1.82, 2.24) is 10.2 Å². The van der Waals surface area contributed by atoms with E-state index in [2.05, 4.69) is 36.0 Å². The number of hydrogen-bond acceptors (Lipinski definition) is 3. The van der Waals surface area contributed by atoms with Gasteiger partial charge in [0.2, 0.25) is 0 Å². The Morgan fingerprint density at radius 1 is 1.35 bits per heavy atom. The van der Waals surface area contributed by atoms with Crippen LogP contribution in [0.15, 0.2) is 18.2 Å². The van der Waals surface area contributed by atoms with E-state index in [-0.39, 0.29) is 11.9 Å². The summed E-state index contributed by atoms with van der Waals surface area (Å²) in [7, 11) is 4.08. The number of benzene rings is 1. The minimum atomic E-state index is -0.162. The molecular weight excluding hydrogens is 253 g/mol. The van der Waals surface area contributed by atoms with E-state index in [1.807, 2.05) is 13.1 Å². The van der Waals surface area contributed by atoms with Crippen LogP contribution in [0.3, 0.4) is 0 Å². The lowest BCUT2D eigenvalue weighted by atomic mass is 10.0. The summed E-state index contributed by atoms with van der Waals surface area (Å²) < 4.78 is 13.6. The number of halogens is 1. The topological polar surface area (TPSA) is 18.5 Å². The highest BCUT2D eigenvalue weighted by Gasteiger charge is 2.23. The van der Waals surface area contributed by atoms with Gasteiger partial charge in [0.25, 0.3) is 0 Å². The number of anilines is 1. The molecule has 0 saturated carbocycles. The van der Waals surface area contributed by atoms with Gasteiger partial charge < -0.3 is 15.1 Å². The molecule has 0 aromatic heterocycles. The van der Waals surface area contributed by atoms with E-state index in [0.717, 1.165) is 37.3 Å². The molecule has 0 radical (unpaired) electrons. The monoisotopic (exact) mass is 279 g/mol. The average molecular weight is 279 g/mol. The lowest BCUT2D eigenvalue weighted by Crippen LogP contribution is -2.38. The standard InChI is InChI=1S/C16H26FN3/c1-12-11-19(4)8-5-9-20(12)16-7-6-14(17)10-15(16)13(2)18-3/h6-7,10,12-13,18H,5,8-9,11H2,1-4H3. The Balaban J connectivity index is 2.35. The smallest absolute Gasteiger partial charge is 0.123 e. The molecule has 4 heteroatoms. The third kappa shape index (κ3) is 3.30. The molecule has 1 saturated heterocycles. The highest BCUT2D eigenvalue weighted by molar-refractivity contribution is 5.56. The van der Waals surface area contributed by atoms with Gasteiger partial charge in [0.1, 0.15) is 5.82 Å². The molecule has 2 atom stereocenters. The van der Waals surface area contributed by atoms with Crippen molar-refractivity contribution in [3.05, 3.63) is 29.6 Å². The van der Waals surface area contributed by atoms with Gasteiger partial charge in [-0.3, -0.25) is 0 Å². The second-order valence-electron chi connectivity index (χ2n) is 5.87. The van der Waals surface area contributed by atoms with Crippen molar-refractivity contribution < 1.29 is 4.39 Å². The van der Waals surface area contributed by atoms with Crippen molar-refractivity contribution in [3.8, 4) is 0 Å². The Morgan fingerprint density at radius 3 is 2.80 bits per heavy atom. The van der Waals surface area contributed by atoms with Crippen molar-refractivity contribution in [2.24, 2.45) is 0 Å². The maximum Gasteiger partial charge on any atom is 0.123 e. The summed E-state index contributed by atoms with van der Waals surface area (Å²) in [6.07, 6.45) is 1.14. The van der Waals surface area contributed by atoms with E-state index in [9.17, 15) is 4.39 Å². The Labute approximate surface area is 121 Å². The van der Waals surface area contributed by atoms with Crippen LogP contribution < -0.4 is 10.2 Å². The molecular formula is C16H26FN3. The third-order valence-corrected chi connectivity index (χ3v) is 4.25. The van der Waals surface area contributed by atoms with Crippen LogP contribution in [0.2, 0.25) is 0 Å². The first kappa shape index (κ1) is 15.3. The van der Waals surface area contributed by atoms with Crippen LogP contribution in [0.5, 0.6) is 0 Å². The SMILES string of the molecule is CNC(C)c1cc(F)ccc1N1CCCN(C)CC1C. The molecule has 1 fully saturated rings. The van der Waals surface area contributed by atoms with E-state index < -0.39 is 0 Å². The number of nitrogens with zero attached hydrogens (tertiary/aromatic N) is 2. The predicted molar refractivity (Wildman–Crippen MR) is 82.8 cm³/mol. The van der Waals surface area contributed by atoms with Crippen LogP contribution in [-0.2, 0) is 0 Å². The van der Waals surface area contributed by atoms with Crippen LogP contribution in [-0.4, -0.2) is 44.7 Å². The van der Waals surface area contributed by atoms with E-state index in [1.165, 1.54) is 0 Å². The quantitative estimate of drug-likeness (QED) is 0.917. The van der Waals surface area contributed by atoms with Crippen LogP contribution in [0.4, 0.5) is 10.1 Å². The van der Waals surface area contributed by atoms with Crippen LogP contribution >= 0.6 is 0 Å². The van der Waals surface area contributed by atoms with Gasteiger partial charge in [-0.2, -0.15) is 0 Å². The summed E-state index contributed by atoms with van der Waals surface area (Å²) in [6, 6.07) is 5.75. The second kappa shape index (κ2) is 6.55. The molecule has 3 nitrogen and oxygen atoms in total. The number of hydrogen-bond donors (Lipinski definition) is 1. The largest absolute Gasteiger partial charge is 0.367 e. The first-order valence-electron chi connectivity index (χ1n) is 7.45. The minimum absolute atomic E-state index is 0.147. The normalized spacial score (nSPS) is 22.6. The van der Waals surface area contributed by atoms with Gasteiger partial charge in [-0.05, 0) is 64.7 Å². The van der Waals surface area contributed by atoms with Gasteiger partial charge in [0.05, 0.1) is 0 Å². The van der Waals surface area contributed by atoms with Gasteiger partial charge in [-0.25, -0.2) is 4.39 Å². The average Bonchev–Trinajstić information content (AvgIpc) is 2.58. The summed E-state index contributed by atoms with van der Waals surface area (Å²) in [6.45, 7) is 7.52. The fourth-order valence-electron chi connectivity index (χ4n) is 3.02. The summed E-state index contributed by atoms with van der Waals surface area (Å²) in [5.41, 5.74) is 2.21.